The van der Waals surface area contributed by atoms with E-state index in [1.807, 2.05) is 0 Å². The average molecular weight is 260 g/mol. The normalized spacial score (nSPS) is 21.3. The van der Waals surface area contributed by atoms with Crippen molar-refractivity contribution >= 4 is 0 Å². The van der Waals surface area contributed by atoms with Gasteiger partial charge in [0.25, 0.3) is 0 Å². The number of aryl methyl sites for hydroxylation is 2. The van der Waals surface area contributed by atoms with Crippen LogP contribution in [0.25, 0.3) is 0 Å². The van der Waals surface area contributed by atoms with Crippen LogP contribution in [0.5, 0.6) is 0 Å². The first-order chi connectivity index (χ1) is 9.36. The van der Waals surface area contributed by atoms with Gasteiger partial charge < -0.3 is 4.74 Å². The van der Waals surface area contributed by atoms with Gasteiger partial charge in [0.15, 0.2) is 0 Å². The molecule has 3 nitrogen and oxygen atoms in total. The van der Waals surface area contributed by atoms with Gasteiger partial charge in [-0.25, -0.2) is 0 Å². The number of hydrazine groups is 1. The number of rotatable bonds is 4. The highest BCUT2D eigenvalue weighted by molar-refractivity contribution is 5.35. The van der Waals surface area contributed by atoms with Gasteiger partial charge in [0.1, 0.15) is 0 Å². The molecule has 1 heterocycles. The van der Waals surface area contributed by atoms with Crippen LogP contribution in [0.2, 0.25) is 0 Å². The summed E-state index contributed by atoms with van der Waals surface area (Å²) in [7, 11) is 0. The third-order valence-electron chi connectivity index (χ3n) is 4.67. The molecule has 0 saturated carbocycles. The molecule has 0 radical (unpaired) electrons. The molecule has 3 N–H and O–H groups in total. The molecule has 3 rings (SSSR count). The van der Waals surface area contributed by atoms with Crippen LogP contribution in [0, 0.1) is 5.92 Å². The Bertz CT molecular complexity index is 427. The Balaban J connectivity index is 1.68. The predicted octanol–water partition coefficient (Wildman–Crippen LogP) is 1.98. The number of nitrogens with one attached hydrogen (secondary N) is 1. The second-order valence-electron chi connectivity index (χ2n) is 5.88. The molecule has 0 bridgehead atoms. The Labute approximate surface area is 115 Å². The molecule has 0 aromatic heterocycles. The molecular weight excluding hydrogens is 236 g/mol. The van der Waals surface area contributed by atoms with Gasteiger partial charge in [0.2, 0.25) is 0 Å². The molecule has 1 saturated heterocycles. The minimum absolute atomic E-state index is 0.378. The van der Waals surface area contributed by atoms with E-state index in [0.717, 1.165) is 32.5 Å². The summed E-state index contributed by atoms with van der Waals surface area (Å²) in [4.78, 5) is 0. The highest BCUT2D eigenvalue weighted by Gasteiger charge is 2.23. The summed E-state index contributed by atoms with van der Waals surface area (Å²) in [6.07, 6.45) is 7.11. The summed E-state index contributed by atoms with van der Waals surface area (Å²) in [5.74, 6) is 6.42. The predicted molar refractivity (Wildman–Crippen MR) is 76.8 cm³/mol. The average Bonchev–Trinajstić information content (AvgIpc) is 2.93. The molecule has 1 atom stereocenters. The number of nitrogens with two attached hydrogens (primary N) is 1. The fourth-order valence-corrected chi connectivity index (χ4v) is 3.49. The van der Waals surface area contributed by atoms with Crippen molar-refractivity contribution in [3.8, 4) is 0 Å². The minimum Gasteiger partial charge on any atom is -0.381 e. The van der Waals surface area contributed by atoms with Crippen LogP contribution in [-0.2, 0) is 24.0 Å². The van der Waals surface area contributed by atoms with E-state index in [4.69, 9.17) is 10.6 Å². The van der Waals surface area contributed by atoms with Crippen LogP contribution in [0.15, 0.2) is 18.2 Å². The number of benzene rings is 1. The first-order valence-corrected chi connectivity index (χ1v) is 7.51. The van der Waals surface area contributed by atoms with Gasteiger partial charge in [-0.15, -0.1) is 0 Å². The molecule has 1 aliphatic carbocycles. The molecule has 1 aliphatic heterocycles. The highest BCUT2D eigenvalue weighted by Crippen LogP contribution is 2.25. The van der Waals surface area contributed by atoms with Gasteiger partial charge in [0, 0.05) is 19.3 Å². The maximum atomic E-state index is 5.77. The van der Waals surface area contributed by atoms with Gasteiger partial charge >= 0.3 is 0 Å². The van der Waals surface area contributed by atoms with E-state index in [2.05, 4.69) is 23.6 Å². The summed E-state index contributed by atoms with van der Waals surface area (Å²) in [6.45, 7) is 1.76. The van der Waals surface area contributed by atoms with E-state index >= 15 is 0 Å². The van der Waals surface area contributed by atoms with Crippen LogP contribution >= 0.6 is 0 Å². The molecule has 3 heteroatoms. The summed E-state index contributed by atoms with van der Waals surface area (Å²) < 4.78 is 5.44. The van der Waals surface area contributed by atoms with Gasteiger partial charge in [-0.3, -0.25) is 11.3 Å². The van der Waals surface area contributed by atoms with E-state index < -0.39 is 0 Å². The van der Waals surface area contributed by atoms with E-state index in [1.165, 1.54) is 24.8 Å². The lowest BCUT2D eigenvalue weighted by Gasteiger charge is -2.30. The van der Waals surface area contributed by atoms with Crippen molar-refractivity contribution in [1.82, 2.24) is 5.43 Å². The second kappa shape index (κ2) is 6.04. The lowest BCUT2D eigenvalue weighted by molar-refractivity contribution is 0.0538. The summed E-state index contributed by atoms with van der Waals surface area (Å²) in [5, 5.41) is 0. The van der Waals surface area contributed by atoms with E-state index in [-0.39, 0.29) is 0 Å². The maximum absolute atomic E-state index is 5.77. The standard InChI is InChI=1S/C16H24N2O/c17-18-16(14-6-8-19-9-7-14)11-12-4-5-13-2-1-3-15(13)10-12/h4-5,10,14,16,18H,1-3,6-9,11,17H2. The van der Waals surface area contributed by atoms with Gasteiger partial charge in [-0.05, 0) is 61.1 Å². The smallest absolute Gasteiger partial charge is 0.0469 e. The van der Waals surface area contributed by atoms with Crippen LogP contribution < -0.4 is 11.3 Å². The quantitative estimate of drug-likeness (QED) is 0.643. The third-order valence-corrected chi connectivity index (χ3v) is 4.67. The first-order valence-electron chi connectivity index (χ1n) is 7.51. The summed E-state index contributed by atoms with van der Waals surface area (Å²) in [6, 6.07) is 7.37. The lowest BCUT2D eigenvalue weighted by atomic mass is 9.87. The van der Waals surface area contributed by atoms with Crippen molar-refractivity contribution in [2.24, 2.45) is 11.8 Å². The van der Waals surface area contributed by atoms with Gasteiger partial charge in [-0.2, -0.15) is 0 Å². The Morgan fingerprint density at radius 2 is 2.00 bits per heavy atom. The fraction of sp³-hybridized carbons (Fsp3) is 0.625. The molecule has 19 heavy (non-hydrogen) atoms. The topological polar surface area (TPSA) is 47.3 Å². The zero-order valence-electron chi connectivity index (χ0n) is 11.5. The molecule has 1 aromatic rings. The first kappa shape index (κ1) is 13.1. The van der Waals surface area contributed by atoms with Crippen LogP contribution in [0.1, 0.15) is 36.0 Å². The monoisotopic (exact) mass is 260 g/mol. The lowest BCUT2D eigenvalue weighted by Crippen LogP contribution is -2.44. The van der Waals surface area contributed by atoms with Crippen molar-refractivity contribution < 1.29 is 4.74 Å². The summed E-state index contributed by atoms with van der Waals surface area (Å²) >= 11 is 0. The zero-order valence-corrected chi connectivity index (χ0v) is 11.5. The van der Waals surface area contributed by atoms with Crippen molar-refractivity contribution in [2.75, 3.05) is 13.2 Å². The zero-order chi connectivity index (χ0) is 13.1. The molecule has 0 amide bonds. The Morgan fingerprint density at radius 1 is 1.21 bits per heavy atom. The number of hydrogen-bond donors (Lipinski definition) is 2. The number of fused-ring (bicyclic) bond motifs is 1. The molecule has 104 valence electrons. The van der Waals surface area contributed by atoms with Crippen LogP contribution in [-0.4, -0.2) is 19.3 Å². The van der Waals surface area contributed by atoms with Crippen molar-refractivity contribution in [2.45, 2.75) is 44.6 Å². The SMILES string of the molecule is NNC(Cc1ccc2c(c1)CCC2)C1CCOCC1. The Morgan fingerprint density at radius 3 is 2.79 bits per heavy atom. The molecule has 1 aromatic carbocycles. The summed E-state index contributed by atoms with van der Waals surface area (Å²) in [5.41, 5.74) is 7.56. The molecule has 2 aliphatic rings. The van der Waals surface area contributed by atoms with Crippen LogP contribution in [0.3, 0.4) is 0 Å². The molecule has 1 unspecified atom stereocenters. The van der Waals surface area contributed by atoms with Crippen LogP contribution in [0.4, 0.5) is 0 Å². The Hall–Kier alpha value is -0.900. The van der Waals surface area contributed by atoms with Crippen molar-refractivity contribution in [3.05, 3.63) is 34.9 Å². The number of ether oxygens (including phenoxy) is 1. The van der Waals surface area contributed by atoms with E-state index in [9.17, 15) is 0 Å². The van der Waals surface area contributed by atoms with Crippen molar-refractivity contribution in [3.63, 3.8) is 0 Å². The minimum atomic E-state index is 0.378. The second-order valence-corrected chi connectivity index (χ2v) is 5.88. The maximum Gasteiger partial charge on any atom is 0.0469 e. The van der Waals surface area contributed by atoms with E-state index in [0.29, 0.717) is 12.0 Å². The fourth-order valence-electron chi connectivity index (χ4n) is 3.49. The van der Waals surface area contributed by atoms with E-state index in [1.54, 1.807) is 11.1 Å². The largest absolute Gasteiger partial charge is 0.381 e. The third kappa shape index (κ3) is 2.99. The number of hydrogen-bond acceptors (Lipinski definition) is 3. The molecular formula is C16H24N2O. The van der Waals surface area contributed by atoms with Gasteiger partial charge in [-0.1, -0.05) is 18.2 Å². The molecule has 1 fully saturated rings. The molecule has 0 spiro atoms. The van der Waals surface area contributed by atoms with Gasteiger partial charge in [0.05, 0.1) is 0 Å². The van der Waals surface area contributed by atoms with Crippen molar-refractivity contribution in [1.29, 1.82) is 0 Å². The Kier molecular flexibility index (Phi) is 4.16. The highest BCUT2D eigenvalue weighted by atomic mass is 16.5.